The first kappa shape index (κ1) is 17.3. The Morgan fingerprint density at radius 3 is 2.62 bits per heavy atom. The van der Waals surface area contributed by atoms with Gasteiger partial charge in [0.2, 0.25) is 0 Å². The zero-order chi connectivity index (χ0) is 17.2. The molecule has 1 aromatic carbocycles. The quantitative estimate of drug-likeness (QED) is 0.816. The van der Waals surface area contributed by atoms with Crippen molar-refractivity contribution in [1.82, 2.24) is 4.98 Å². The van der Waals surface area contributed by atoms with Crippen molar-refractivity contribution in [3.8, 4) is 0 Å². The molecule has 3 rings (SSSR count). The zero-order valence-corrected chi connectivity index (χ0v) is 14.9. The summed E-state index contributed by atoms with van der Waals surface area (Å²) in [5.74, 6) is 0. The number of pyridine rings is 1. The Kier molecular flexibility index (Phi) is 5.15. The van der Waals surface area contributed by atoms with Crippen LogP contribution in [-0.2, 0) is 14.8 Å². The third-order valence-corrected chi connectivity index (χ3v) is 5.59. The van der Waals surface area contributed by atoms with Crippen LogP contribution in [0.3, 0.4) is 0 Å². The van der Waals surface area contributed by atoms with Crippen LogP contribution in [0.5, 0.6) is 0 Å². The molecular formula is C15H15Cl2N3O3S. The highest BCUT2D eigenvalue weighted by molar-refractivity contribution is 7.92. The van der Waals surface area contributed by atoms with E-state index in [9.17, 15) is 8.42 Å². The molecule has 0 amide bonds. The molecule has 0 radical (unpaired) electrons. The summed E-state index contributed by atoms with van der Waals surface area (Å²) in [5.41, 5.74) is 1.40. The predicted molar refractivity (Wildman–Crippen MR) is 94.5 cm³/mol. The van der Waals surface area contributed by atoms with Crippen molar-refractivity contribution in [3.63, 3.8) is 0 Å². The standard InChI is InChI=1S/C15H15Cl2N3O3S/c16-14-9-13(10-18-15(14)17)24(21,22)19-11-2-1-3-12(8-11)20-4-6-23-7-5-20/h1-3,8-10,19H,4-7H2. The van der Waals surface area contributed by atoms with Crippen LogP contribution in [0, 0.1) is 0 Å². The molecule has 1 aromatic heterocycles. The summed E-state index contributed by atoms with van der Waals surface area (Å²) in [6.45, 7) is 2.86. The molecule has 0 atom stereocenters. The molecule has 9 heteroatoms. The van der Waals surface area contributed by atoms with Gasteiger partial charge in [0.25, 0.3) is 10.0 Å². The number of benzene rings is 1. The number of morpholine rings is 1. The molecule has 2 aromatic rings. The minimum absolute atomic E-state index is 0.0475. The maximum atomic E-state index is 12.5. The van der Waals surface area contributed by atoms with Gasteiger partial charge < -0.3 is 9.64 Å². The highest BCUT2D eigenvalue weighted by atomic mass is 35.5. The Morgan fingerprint density at radius 1 is 1.17 bits per heavy atom. The van der Waals surface area contributed by atoms with Crippen molar-refractivity contribution >= 4 is 44.6 Å². The second kappa shape index (κ2) is 7.14. The number of rotatable bonds is 4. The third kappa shape index (κ3) is 3.92. The number of hydrogen-bond donors (Lipinski definition) is 1. The second-order valence-corrected chi connectivity index (χ2v) is 7.65. The number of halogens is 2. The Balaban J connectivity index is 1.83. The van der Waals surface area contributed by atoms with Crippen LogP contribution in [-0.4, -0.2) is 39.7 Å². The van der Waals surface area contributed by atoms with E-state index in [0.717, 1.165) is 18.8 Å². The molecule has 0 aliphatic carbocycles. The lowest BCUT2D eigenvalue weighted by atomic mass is 10.2. The van der Waals surface area contributed by atoms with Crippen LogP contribution < -0.4 is 9.62 Å². The number of nitrogens with zero attached hydrogens (tertiary/aromatic N) is 2. The second-order valence-electron chi connectivity index (χ2n) is 5.20. The van der Waals surface area contributed by atoms with Gasteiger partial charge in [-0.25, -0.2) is 13.4 Å². The normalized spacial score (nSPS) is 15.3. The number of anilines is 2. The van der Waals surface area contributed by atoms with Gasteiger partial charge in [0.15, 0.2) is 0 Å². The number of ether oxygens (including phenoxy) is 1. The first-order valence-corrected chi connectivity index (χ1v) is 9.46. The smallest absolute Gasteiger partial charge is 0.263 e. The molecule has 0 unspecified atom stereocenters. The van der Waals surface area contributed by atoms with Gasteiger partial charge in [-0.2, -0.15) is 0 Å². The van der Waals surface area contributed by atoms with Crippen molar-refractivity contribution < 1.29 is 13.2 Å². The lowest BCUT2D eigenvalue weighted by Crippen LogP contribution is -2.36. The Bertz CT molecular complexity index is 840. The van der Waals surface area contributed by atoms with E-state index in [1.165, 1.54) is 12.3 Å². The van der Waals surface area contributed by atoms with E-state index in [0.29, 0.717) is 18.9 Å². The molecular weight excluding hydrogens is 373 g/mol. The van der Waals surface area contributed by atoms with Gasteiger partial charge in [0.1, 0.15) is 10.0 Å². The molecule has 0 bridgehead atoms. The summed E-state index contributed by atoms with van der Waals surface area (Å²) < 4.78 is 32.8. The largest absolute Gasteiger partial charge is 0.378 e. The van der Waals surface area contributed by atoms with Crippen LogP contribution in [0.4, 0.5) is 11.4 Å². The molecule has 0 saturated carbocycles. The summed E-state index contributed by atoms with van der Waals surface area (Å²) in [5, 5.41) is 0.145. The molecule has 2 heterocycles. The third-order valence-electron chi connectivity index (χ3n) is 3.56. The number of nitrogens with one attached hydrogen (secondary N) is 1. The Hall–Kier alpha value is -1.54. The fraction of sp³-hybridized carbons (Fsp3) is 0.267. The van der Waals surface area contributed by atoms with E-state index in [1.807, 2.05) is 6.07 Å². The van der Waals surface area contributed by atoms with Crippen molar-refractivity contribution in [2.75, 3.05) is 35.9 Å². The van der Waals surface area contributed by atoms with Gasteiger partial charge in [0.05, 0.1) is 23.9 Å². The Morgan fingerprint density at radius 2 is 1.92 bits per heavy atom. The van der Waals surface area contributed by atoms with Gasteiger partial charge in [-0.05, 0) is 24.3 Å². The van der Waals surface area contributed by atoms with Gasteiger partial charge >= 0.3 is 0 Å². The summed E-state index contributed by atoms with van der Waals surface area (Å²) >= 11 is 11.6. The lowest BCUT2D eigenvalue weighted by molar-refractivity contribution is 0.122. The first-order chi connectivity index (χ1) is 11.5. The molecule has 1 aliphatic rings. The van der Waals surface area contributed by atoms with Crippen molar-refractivity contribution in [1.29, 1.82) is 0 Å². The monoisotopic (exact) mass is 387 g/mol. The first-order valence-electron chi connectivity index (χ1n) is 7.22. The minimum atomic E-state index is -3.80. The topological polar surface area (TPSA) is 71.5 Å². The van der Waals surface area contributed by atoms with Crippen molar-refractivity contribution in [2.45, 2.75) is 4.90 Å². The molecule has 1 fully saturated rings. The molecule has 0 spiro atoms. The number of aromatic nitrogens is 1. The van der Waals surface area contributed by atoms with Crippen molar-refractivity contribution in [2.24, 2.45) is 0 Å². The van der Waals surface area contributed by atoms with E-state index in [-0.39, 0.29) is 15.1 Å². The summed E-state index contributed by atoms with van der Waals surface area (Å²) in [6, 6.07) is 8.48. The van der Waals surface area contributed by atoms with E-state index >= 15 is 0 Å². The fourth-order valence-corrected chi connectivity index (χ4v) is 3.71. The summed E-state index contributed by atoms with van der Waals surface area (Å²) in [6.07, 6.45) is 1.17. The van der Waals surface area contributed by atoms with E-state index in [2.05, 4.69) is 14.6 Å². The minimum Gasteiger partial charge on any atom is -0.378 e. The van der Waals surface area contributed by atoms with Crippen LogP contribution in [0.25, 0.3) is 0 Å². The van der Waals surface area contributed by atoms with Crippen LogP contribution >= 0.6 is 23.2 Å². The molecule has 1 saturated heterocycles. The average Bonchev–Trinajstić information content (AvgIpc) is 2.58. The molecule has 1 N–H and O–H groups in total. The average molecular weight is 388 g/mol. The van der Waals surface area contributed by atoms with Gasteiger partial charge in [-0.3, -0.25) is 4.72 Å². The molecule has 6 nitrogen and oxygen atoms in total. The summed E-state index contributed by atoms with van der Waals surface area (Å²) in [7, 11) is -3.80. The SMILES string of the molecule is O=S(=O)(Nc1cccc(N2CCOCC2)c1)c1cnc(Cl)c(Cl)c1. The maximum Gasteiger partial charge on any atom is 0.263 e. The molecule has 128 valence electrons. The highest BCUT2D eigenvalue weighted by Crippen LogP contribution is 2.25. The maximum absolute atomic E-state index is 12.5. The van der Waals surface area contributed by atoms with Crippen LogP contribution in [0.2, 0.25) is 10.2 Å². The van der Waals surface area contributed by atoms with E-state index in [4.69, 9.17) is 27.9 Å². The highest BCUT2D eigenvalue weighted by Gasteiger charge is 2.18. The summed E-state index contributed by atoms with van der Waals surface area (Å²) in [4.78, 5) is 5.86. The van der Waals surface area contributed by atoms with Gasteiger partial charge in [-0.15, -0.1) is 0 Å². The van der Waals surface area contributed by atoms with Crippen LogP contribution in [0.15, 0.2) is 41.4 Å². The van der Waals surface area contributed by atoms with E-state index in [1.54, 1.807) is 18.2 Å². The lowest BCUT2D eigenvalue weighted by Gasteiger charge is -2.29. The van der Waals surface area contributed by atoms with Crippen LogP contribution in [0.1, 0.15) is 0 Å². The predicted octanol–water partition coefficient (Wildman–Crippen LogP) is 3.03. The number of sulfonamides is 1. The number of hydrogen-bond acceptors (Lipinski definition) is 5. The zero-order valence-electron chi connectivity index (χ0n) is 12.6. The molecule has 1 aliphatic heterocycles. The van der Waals surface area contributed by atoms with Gasteiger partial charge in [-0.1, -0.05) is 29.3 Å². The fourth-order valence-electron chi connectivity index (χ4n) is 2.35. The van der Waals surface area contributed by atoms with E-state index < -0.39 is 10.0 Å². The molecule has 24 heavy (non-hydrogen) atoms. The Labute approximate surface area is 150 Å². The van der Waals surface area contributed by atoms with Gasteiger partial charge in [0, 0.05) is 25.0 Å². The van der Waals surface area contributed by atoms with Crippen molar-refractivity contribution in [3.05, 3.63) is 46.7 Å².